The Kier molecular flexibility index (Phi) is 5.19. The molecule has 8 nitrogen and oxygen atoms in total. The maximum absolute atomic E-state index is 12.9. The van der Waals surface area contributed by atoms with Crippen molar-refractivity contribution in [3.8, 4) is 0 Å². The molecule has 9 heteroatoms. The van der Waals surface area contributed by atoms with Gasteiger partial charge in [0.05, 0.1) is 10.2 Å². The van der Waals surface area contributed by atoms with Crippen molar-refractivity contribution in [2.45, 2.75) is 26.3 Å². The van der Waals surface area contributed by atoms with Crippen LogP contribution in [0.1, 0.15) is 18.7 Å². The SMILES string of the molecule is Cc1nn(CCCC(=O)N2CCN(c3ccccn3)CC2)c(=O)c2cc3sccc3n12. The summed E-state index contributed by atoms with van der Waals surface area (Å²) in [5.74, 6) is 1.87. The van der Waals surface area contributed by atoms with Gasteiger partial charge in [0, 0.05) is 45.3 Å². The number of pyridine rings is 1. The molecule has 0 aromatic carbocycles. The van der Waals surface area contributed by atoms with Gasteiger partial charge in [-0.15, -0.1) is 11.3 Å². The van der Waals surface area contributed by atoms with E-state index in [9.17, 15) is 9.59 Å². The molecule has 1 fully saturated rings. The summed E-state index contributed by atoms with van der Waals surface area (Å²) in [5.41, 5.74) is 1.56. The fraction of sp³-hybridized carbons (Fsp3) is 0.364. The highest BCUT2D eigenvalue weighted by Gasteiger charge is 2.21. The van der Waals surface area contributed by atoms with Crippen molar-refractivity contribution in [3.63, 3.8) is 0 Å². The predicted octanol–water partition coefficient (Wildman–Crippen LogP) is 2.54. The van der Waals surface area contributed by atoms with Crippen molar-refractivity contribution in [1.29, 1.82) is 0 Å². The normalized spacial score (nSPS) is 14.6. The zero-order valence-corrected chi connectivity index (χ0v) is 18.2. The average molecular weight is 437 g/mol. The smallest absolute Gasteiger partial charge is 0.291 e. The number of piperazine rings is 1. The molecule has 5 rings (SSSR count). The fourth-order valence-electron chi connectivity index (χ4n) is 4.24. The molecule has 1 aliphatic rings. The van der Waals surface area contributed by atoms with Crippen LogP contribution in [0.3, 0.4) is 0 Å². The zero-order chi connectivity index (χ0) is 21.4. The number of carbonyl (C=O) groups is 1. The summed E-state index contributed by atoms with van der Waals surface area (Å²) in [6.07, 6.45) is 2.80. The monoisotopic (exact) mass is 436 g/mol. The van der Waals surface area contributed by atoms with Gasteiger partial charge in [-0.05, 0) is 43.0 Å². The molecule has 5 heterocycles. The topological polar surface area (TPSA) is 75.7 Å². The molecular weight excluding hydrogens is 412 g/mol. The minimum Gasteiger partial charge on any atom is -0.353 e. The number of aryl methyl sites for hydroxylation is 2. The van der Waals surface area contributed by atoms with E-state index in [1.54, 1.807) is 17.5 Å². The molecule has 0 atom stereocenters. The van der Waals surface area contributed by atoms with E-state index < -0.39 is 0 Å². The summed E-state index contributed by atoms with van der Waals surface area (Å²) in [4.78, 5) is 34.0. The summed E-state index contributed by atoms with van der Waals surface area (Å²) in [5, 5.41) is 6.51. The molecule has 0 bridgehead atoms. The van der Waals surface area contributed by atoms with Crippen molar-refractivity contribution < 1.29 is 4.79 Å². The first-order valence-corrected chi connectivity index (χ1v) is 11.4. The minimum absolute atomic E-state index is 0.106. The van der Waals surface area contributed by atoms with E-state index in [4.69, 9.17) is 0 Å². The molecule has 0 N–H and O–H groups in total. The average Bonchev–Trinajstić information content (AvgIpc) is 3.39. The Labute approximate surface area is 183 Å². The van der Waals surface area contributed by atoms with Gasteiger partial charge in [0.15, 0.2) is 0 Å². The zero-order valence-electron chi connectivity index (χ0n) is 17.4. The third-order valence-electron chi connectivity index (χ3n) is 5.83. The fourth-order valence-corrected chi connectivity index (χ4v) is 5.05. The van der Waals surface area contributed by atoms with Crippen molar-refractivity contribution in [2.75, 3.05) is 31.1 Å². The van der Waals surface area contributed by atoms with Crippen LogP contribution >= 0.6 is 11.3 Å². The Balaban J connectivity index is 1.19. The number of anilines is 1. The molecular formula is C22H24N6O2S. The highest BCUT2D eigenvalue weighted by Crippen LogP contribution is 2.24. The lowest BCUT2D eigenvalue weighted by Gasteiger charge is -2.35. The molecule has 0 aliphatic carbocycles. The number of rotatable bonds is 5. The van der Waals surface area contributed by atoms with E-state index in [1.165, 1.54) is 4.68 Å². The van der Waals surface area contributed by atoms with Gasteiger partial charge in [-0.3, -0.25) is 14.0 Å². The third kappa shape index (κ3) is 3.69. The Morgan fingerprint density at radius 3 is 2.74 bits per heavy atom. The van der Waals surface area contributed by atoms with Gasteiger partial charge in [-0.2, -0.15) is 5.10 Å². The van der Waals surface area contributed by atoms with Gasteiger partial charge in [0.1, 0.15) is 17.2 Å². The van der Waals surface area contributed by atoms with E-state index >= 15 is 0 Å². The largest absolute Gasteiger partial charge is 0.353 e. The van der Waals surface area contributed by atoms with Crippen LogP contribution in [0.2, 0.25) is 0 Å². The maximum Gasteiger partial charge on any atom is 0.291 e. The first-order valence-electron chi connectivity index (χ1n) is 10.5. The van der Waals surface area contributed by atoms with Crippen molar-refractivity contribution in [1.82, 2.24) is 24.1 Å². The number of fused-ring (bicyclic) bond motifs is 3. The van der Waals surface area contributed by atoms with E-state index in [2.05, 4.69) is 15.0 Å². The van der Waals surface area contributed by atoms with Crippen LogP contribution in [0.25, 0.3) is 15.7 Å². The number of thiophene rings is 1. The summed E-state index contributed by atoms with van der Waals surface area (Å²) in [7, 11) is 0. The molecule has 160 valence electrons. The van der Waals surface area contributed by atoms with Gasteiger partial charge in [0.25, 0.3) is 5.56 Å². The molecule has 0 spiro atoms. The highest BCUT2D eigenvalue weighted by atomic mass is 32.1. The van der Waals surface area contributed by atoms with Crippen LogP contribution in [-0.2, 0) is 11.3 Å². The lowest BCUT2D eigenvalue weighted by atomic mass is 10.2. The second-order valence-corrected chi connectivity index (χ2v) is 8.72. The highest BCUT2D eigenvalue weighted by molar-refractivity contribution is 7.17. The Morgan fingerprint density at radius 2 is 1.97 bits per heavy atom. The number of nitrogens with zero attached hydrogens (tertiary/aromatic N) is 6. The van der Waals surface area contributed by atoms with E-state index in [0.717, 1.165) is 34.9 Å². The quantitative estimate of drug-likeness (QED) is 0.481. The van der Waals surface area contributed by atoms with Crippen LogP contribution in [0.15, 0.2) is 46.7 Å². The number of hydrogen-bond donors (Lipinski definition) is 0. The predicted molar refractivity (Wildman–Crippen MR) is 122 cm³/mol. The number of amides is 1. The van der Waals surface area contributed by atoms with Crippen LogP contribution in [-0.4, -0.2) is 56.2 Å². The molecule has 1 saturated heterocycles. The van der Waals surface area contributed by atoms with Gasteiger partial charge in [-0.1, -0.05) is 6.07 Å². The van der Waals surface area contributed by atoms with Crippen molar-refractivity contribution in [2.24, 2.45) is 0 Å². The molecule has 4 aromatic heterocycles. The third-order valence-corrected chi connectivity index (χ3v) is 6.68. The number of carbonyl (C=O) groups excluding carboxylic acids is 1. The lowest BCUT2D eigenvalue weighted by Crippen LogP contribution is -2.49. The second-order valence-electron chi connectivity index (χ2n) is 7.77. The lowest BCUT2D eigenvalue weighted by molar-refractivity contribution is -0.131. The summed E-state index contributed by atoms with van der Waals surface area (Å²) < 4.78 is 4.50. The first kappa shape index (κ1) is 19.7. The molecule has 4 aromatic rings. The van der Waals surface area contributed by atoms with Gasteiger partial charge >= 0.3 is 0 Å². The Morgan fingerprint density at radius 1 is 1.13 bits per heavy atom. The van der Waals surface area contributed by atoms with E-state index in [-0.39, 0.29) is 11.5 Å². The maximum atomic E-state index is 12.9. The first-order chi connectivity index (χ1) is 15.1. The van der Waals surface area contributed by atoms with E-state index in [1.807, 2.05) is 51.9 Å². The summed E-state index contributed by atoms with van der Waals surface area (Å²) in [6.45, 7) is 5.30. The molecule has 1 aliphatic heterocycles. The van der Waals surface area contributed by atoms with Crippen LogP contribution in [0.4, 0.5) is 5.82 Å². The van der Waals surface area contributed by atoms with E-state index in [0.29, 0.717) is 38.0 Å². The molecule has 0 unspecified atom stereocenters. The standard InChI is InChI=1S/C22H24N6O2S/c1-16-24-27(22(30)18-15-19-17(28(16)18)7-14-31-19)9-4-6-21(29)26-12-10-25(11-13-26)20-5-2-3-8-23-20/h2-3,5,7-8,14-15H,4,6,9-13H2,1H3. The van der Waals surface area contributed by atoms with Crippen molar-refractivity contribution >= 4 is 38.8 Å². The van der Waals surface area contributed by atoms with Crippen LogP contribution in [0.5, 0.6) is 0 Å². The molecule has 1 amide bonds. The second kappa shape index (κ2) is 8.14. The Bertz CT molecular complexity index is 1280. The van der Waals surface area contributed by atoms with Crippen molar-refractivity contribution in [3.05, 3.63) is 58.1 Å². The van der Waals surface area contributed by atoms with Gasteiger partial charge in [-0.25, -0.2) is 9.67 Å². The Hall–Kier alpha value is -3.20. The molecule has 0 radical (unpaired) electrons. The summed E-state index contributed by atoms with van der Waals surface area (Å²) >= 11 is 1.62. The molecule has 31 heavy (non-hydrogen) atoms. The van der Waals surface area contributed by atoms with Crippen LogP contribution < -0.4 is 10.5 Å². The number of hydrogen-bond acceptors (Lipinski definition) is 6. The minimum atomic E-state index is -0.106. The van der Waals surface area contributed by atoms with Gasteiger partial charge < -0.3 is 9.80 Å². The van der Waals surface area contributed by atoms with Crippen LogP contribution in [0, 0.1) is 6.92 Å². The summed E-state index contributed by atoms with van der Waals surface area (Å²) in [6, 6.07) is 9.82. The van der Waals surface area contributed by atoms with Gasteiger partial charge in [0.2, 0.25) is 5.91 Å². The number of aromatic nitrogens is 4. The molecule has 0 saturated carbocycles.